The predicted molar refractivity (Wildman–Crippen MR) is 144 cm³/mol. The molecule has 30 heavy (non-hydrogen) atoms. The van der Waals surface area contributed by atoms with Gasteiger partial charge < -0.3 is 0 Å². The summed E-state index contributed by atoms with van der Waals surface area (Å²) in [5.41, 5.74) is 7.98. The Morgan fingerprint density at radius 2 is 1.40 bits per heavy atom. The normalized spacial score (nSPS) is 8.47. The van der Waals surface area contributed by atoms with E-state index >= 15 is 0 Å². The van der Waals surface area contributed by atoms with Crippen LogP contribution in [0.15, 0.2) is 61.7 Å². The summed E-state index contributed by atoms with van der Waals surface area (Å²) in [7, 11) is 0. The van der Waals surface area contributed by atoms with Gasteiger partial charge in [0.1, 0.15) is 0 Å². The minimum absolute atomic E-state index is 1.14. The molecule has 0 atom stereocenters. The van der Waals surface area contributed by atoms with Crippen molar-refractivity contribution in [1.82, 2.24) is 0 Å². The molecule has 0 bridgehead atoms. The summed E-state index contributed by atoms with van der Waals surface area (Å²) in [6.07, 6.45) is 6.84. The van der Waals surface area contributed by atoms with Crippen LogP contribution in [0.1, 0.15) is 95.5 Å². The molecule has 2 aromatic rings. The topological polar surface area (TPSA) is 0 Å². The van der Waals surface area contributed by atoms with Crippen molar-refractivity contribution >= 4 is 5.57 Å². The summed E-state index contributed by atoms with van der Waals surface area (Å²) in [6.45, 7) is 28.1. The molecule has 0 heterocycles. The van der Waals surface area contributed by atoms with Gasteiger partial charge in [-0.15, -0.1) is 6.58 Å². The molecule has 0 saturated carbocycles. The minimum atomic E-state index is 1.14. The average molecular weight is 411 g/mol. The first-order chi connectivity index (χ1) is 14.3. The van der Waals surface area contributed by atoms with Gasteiger partial charge in [0.25, 0.3) is 0 Å². The van der Waals surface area contributed by atoms with Crippen LogP contribution in [0.4, 0.5) is 0 Å². The minimum Gasteiger partial charge on any atom is -0.103 e. The van der Waals surface area contributed by atoms with Gasteiger partial charge in [0, 0.05) is 0 Å². The molecule has 0 aliphatic rings. The first kappa shape index (κ1) is 32.6. The van der Waals surface area contributed by atoms with Crippen LogP contribution >= 0.6 is 0 Å². The Hall–Kier alpha value is -2.08. The maximum absolute atomic E-state index is 3.93. The standard InChI is InChI=1S/C11H14.C11H16.C3H8.C3H6.C2H6/c1-8(2)11-7-9(3)5-6-10(11)4;1-3-4-8-11-9-6-5-7-10(11)2;2*1-3-2;1-2/h5-7H,1H2,2-4H3;5-7,9H,3-4,8H2,1-2H3;3H2,1-2H3;3H,1H2,2H3;1-2H3. The van der Waals surface area contributed by atoms with E-state index in [0.29, 0.717) is 0 Å². The van der Waals surface area contributed by atoms with E-state index in [9.17, 15) is 0 Å². The lowest BCUT2D eigenvalue weighted by Crippen LogP contribution is -1.87. The monoisotopic (exact) mass is 410 g/mol. The van der Waals surface area contributed by atoms with E-state index in [0.717, 1.165) is 5.57 Å². The van der Waals surface area contributed by atoms with Gasteiger partial charge in [-0.2, -0.15) is 0 Å². The van der Waals surface area contributed by atoms with Gasteiger partial charge >= 0.3 is 0 Å². The number of hydrogen-bond donors (Lipinski definition) is 0. The molecule has 2 rings (SSSR count). The number of rotatable bonds is 4. The average Bonchev–Trinajstić information content (AvgIpc) is 2.72. The molecule has 0 heteroatoms. The first-order valence-electron chi connectivity index (χ1n) is 11.6. The first-order valence-corrected chi connectivity index (χ1v) is 11.6. The summed E-state index contributed by atoms with van der Waals surface area (Å²) >= 11 is 0. The van der Waals surface area contributed by atoms with E-state index in [1.54, 1.807) is 6.08 Å². The van der Waals surface area contributed by atoms with Crippen molar-refractivity contribution in [2.75, 3.05) is 0 Å². The fraction of sp³-hybridized carbons (Fsp3) is 0.467. The highest BCUT2D eigenvalue weighted by molar-refractivity contribution is 5.64. The summed E-state index contributed by atoms with van der Waals surface area (Å²) < 4.78 is 0. The molecule has 0 radical (unpaired) electrons. The maximum Gasteiger partial charge on any atom is -0.0201 e. The zero-order valence-electron chi connectivity index (χ0n) is 21.9. The van der Waals surface area contributed by atoms with Gasteiger partial charge in [0.15, 0.2) is 0 Å². The highest BCUT2D eigenvalue weighted by Gasteiger charge is 1.97. The fourth-order valence-corrected chi connectivity index (χ4v) is 2.45. The zero-order valence-corrected chi connectivity index (χ0v) is 21.9. The van der Waals surface area contributed by atoms with Gasteiger partial charge in [-0.1, -0.05) is 114 Å². The van der Waals surface area contributed by atoms with E-state index in [2.05, 4.69) is 97.2 Å². The van der Waals surface area contributed by atoms with E-state index in [1.165, 1.54) is 53.5 Å². The van der Waals surface area contributed by atoms with Crippen LogP contribution in [-0.4, -0.2) is 0 Å². The van der Waals surface area contributed by atoms with Crippen LogP contribution < -0.4 is 0 Å². The van der Waals surface area contributed by atoms with Crippen LogP contribution in [-0.2, 0) is 6.42 Å². The number of hydrogen-bond acceptors (Lipinski definition) is 0. The van der Waals surface area contributed by atoms with Gasteiger partial charge in [-0.25, -0.2) is 0 Å². The van der Waals surface area contributed by atoms with Crippen molar-refractivity contribution in [2.45, 2.75) is 94.9 Å². The SMILES string of the molecule is C=C(C)c1cc(C)ccc1C.C=CC.CC.CCC.CCCCc1ccccc1C. The van der Waals surface area contributed by atoms with Gasteiger partial charge in [0.2, 0.25) is 0 Å². The quantitative estimate of drug-likeness (QED) is 0.440. The van der Waals surface area contributed by atoms with Gasteiger partial charge in [0.05, 0.1) is 0 Å². The molecule has 0 amide bonds. The third kappa shape index (κ3) is 18.0. The molecular formula is C30H50. The van der Waals surface area contributed by atoms with E-state index in [1.807, 2.05) is 27.7 Å². The van der Waals surface area contributed by atoms with Crippen molar-refractivity contribution in [2.24, 2.45) is 0 Å². The number of benzene rings is 2. The Morgan fingerprint density at radius 3 is 1.80 bits per heavy atom. The second-order valence-corrected chi connectivity index (χ2v) is 7.24. The van der Waals surface area contributed by atoms with Gasteiger partial charge in [-0.3, -0.25) is 0 Å². The second kappa shape index (κ2) is 23.2. The van der Waals surface area contributed by atoms with Gasteiger partial charge in [-0.05, 0) is 69.7 Å². The molecule has 0 aromatic heterocycles. The summed E-state index contributed by atoms with van der Waals surface area (Å²) in [4.78, 5) is 0. The maximum atomic E-state index is 3.93. The van der Waals surface area contributed by atoms with Crippen molar-refractivity contribution in [3.8, 4) is 0 Å². The Balaban J connectivity index is -0.000000362. The molecule has 0 saturated heterocycles. The molecule has 0 fully saturated rings. The largest absolute Gasteiger partial charge is 0.103 e. The Bertz CT molecular complexity index is 661. The van der Waals surface area contributed by atoms with Crippen LogP contribution in [0, 0.1) is 20.8 Å². The Kier molecular flexibility index (Phi) is 25.2. The molecule has 0 N–H and O–H groups in total. The zero-order chi connectivity index (χ0) is 23.9. The molecule has 0 aliphatic heterocycles. The van der Waals surface area contributed by atoms with Crippen molar-refractivity contribution in [3.05, 3.63) is 89.5 Å². The molecule has 0 aliphatic carbocycles. The number of aryl methyl sites for hydroxylation is 4. The van der Waals surface area contributed by atoms with Crippen molar-refractivity contribution in [3.63, 3.8) is 0 Å². The second-order valence-electron chi connectivity index (χ2n) is 7.24. The summed E-state index contributed by atoms with van der Waals surface area (Å²) in [6, 6.07) is 15.1. The highest BCUT2D eigenvalue weighted by atomic mass is 14.0. The Labute approximate surface area is 190 Å². The van der Waals surface area contributed by atoms with E-state index < -0.39 is 0 Å². The third-order valence-electron chi connectivity index (χ3n) is 3.91. The lowest BCUT2D eigenvalue weighted by Gasteiger charge is -2.05. The van der Waals surface area contributed by atoms with Crippen LogP contribution in [0.2, 0.25) is 0 Å². The van der Waals surface area contributed by atoms with Crippen molar-refractivity contribution in [1.29, 1.82) is 0 Å². The summed E-state index contributed by atoms with van der Waals surface area (Å²) in [5.74, 6) is 0. The number of unbranched alkanes of at least 4 members (excludes halogenated alkanes) is 1. The lowest BCUT2D eigenvalue weighted by molar-refractivity contribution is 0.791. The smallest absolute Gasteiger partial charge is 0.0201 e. The predicted octanol–water partition coefficient (Wildman–Crippen LogP) is 10.3. The molecule has 0 unspecified atom stereocenters. The highest BCUT2D eigenvalue weighted by Crippen LogP contribution is 2.17. The molecule has 0 spiro atoms. The van der Waals surface area contributed by atoms with Crippen LogP contribution in [0.5, 0.6) is 0 Å². The molecule has 2 aromatic carbocycles. The van der Waals surface area contributed by atoms with E-state index in [-0.39, 0.29) is 0 Å². The van der Waals surface area contributed by atoms with Crippen molar-refractivity contribution < 1.29 is 0 Å². The molecular weight excluding hydrogens is 360 g/mol. The van der Waals surface area contributed by atoms with E-state index in [4.69, 9.17) is 0 Å². The summed E-state index contributed by atoms with van der Waals surface area (Å²) in [5, 5.41) is 0. The fourth-order valence-electron chi connectivity index (χ4n) is 2.45. The van der Waals surface area contributed by atoms with Crippen LogP contribution in [0.25, 0.3) is 5.57 Å². The molecule has 0 nitrogen and oxygen atoms in total. The Morgan fingerprint density at radius 1 is 0.900 bits per heavy atom. The number of allylic oxidation sites excluding steroid dienone is 2. The molecule has 170 valence electrons. The van der Waals surface area contributed by atoms with Crippen LogP contribution in [0.3, 0.4) is 0 Å². The third-order valence-corrected chi connectivity index (χ3v) is 3.91. The lowest BCUT2D eigenvalue weighted by atomic mass is 10.0.